The number of rotatable bonds is 6. The van der Waals surface area contributed by atoms with Crippen LogP contribution in [0.25, 0.3) is 11.1 Å². The van der Waals surface area contributed by atoms with E-state index in [1.165, 1.54) is 12.1 Å². The highest BCUT2D eigenvalue weighted by Gasteiger charge is 2.19. The smallest absolute Gasteiger partial charge is 0.341 e. The van der Waals surface area contributed by atoms with Crippen LogP contribution in [0, 0.1) is 11.6 Å². The van der Waals surface area contributed by atoms with Crippen molar-refractivity contribution in [2.24, 2.45) is 0 Å². The highest BCUT2D eigenvalue weighted by Crippen LogP contribution is 2.27. The van der Waals surface area contributed by atoms with Crippen molar-refractivity contribution in [1.82, 2.24) is 0 Å². The number of phenols is 1. The van der Waals surface area contributed by atoms with Crippen LogP contribution >= 0.6 is 0 Å². The Morgan fingerprint density at radius 1 is 1.03 bits per heavy atom. The van der Waals surface area contributed by atoms with Gasteiger partial charge in [-0.25, -0.2) is 22.0 Å². The predicted octanol–water partition coefficient (Wildman–Crippen LogP) is 4.07. The average Bonchev–Trinajstić information content (AvgIpc) is 2.70. The molecule has 0 aromatic heterocycles. The molecule has 0 atom stereocenters. The van der Waals surface area contributed by atoms with E-state index in [1.807, 2.05) is 0 Å². The van der Waals surface area contributed by atoms with Gasteiger partial charge in [-0.1, -0.05) is 30.3 Å². The number of methoxy groups -OCH3 is 1. The lowest BCUT2D eigenvalue weighted by Gasteiger charge is -2.12. The number of phenolic OH excluding ortho intramolecular Hbond substituents is 1. The summed E-state index contributed by atoms with van der Waals surface area (Å²) in [5.41, 5.74) is -0.0739. The number of hydrogen-bond donors (Lipinski definition) is 2. The van der Waals surface area contributed by atoms with Gasteiger partial charge in [0.25, 0.3) is 0 Å². The minimum Gasteiger partial charge on any atom is -0.507 e. The van der Waals surface area contributed by atoms with Gasteiger partial charge in [-0.05, 0) is 29.8 Å². The molecule has 0 saturated heterocycles. The number of halogens is 2. The van der Waals surface area contributed by atoms with Crippen molar-refractivity contribution in [3.8, 4) is 16.9 Å². The quantitative estimate of drug-likeness (QED) is 0.572. The number of esters is 1. The van der Waals surface area contributed by atoms with Crippen LogP contribution in [0.15, 0.2) is 60.7 Å². The van der Waals surface area contributed by atoms with Gasteiger partial charge in [0.05, 0.1) is 18.6 Å². The van der Waals surface area contributed by atoms with Gasteiger partial charge in [0.2, 0.25) is 10.0 Å². The van der Waals surface area contributed by atoms with E-state index in [4.69, 9.17) is 0 Å². The van der Waals surface area contributed by atoms with E-state index < -0.39 is 39.1 Å². The third-order valence-electron chi connectivity index (χ3n) is 4.24. The molecule has 9 heteroatoms. The van der Waals surface area contributed by atoms with Crippen molar-refractivity contribution >= 4 is 21.7 Å². The van der Waals surface area contributed by atoms with Crippen LogP contribution in [0.3, 0.4) is 0 Å². The fourth-order valence-electron chi connectivity index (χ4n) is 2.84. The van der Waals surface area contributed by atoms with E-state index >= 15 is 0 Å². The van der Waals surface area contributed by atoms with E-state index in [0.717, 1.165) is 25.3 Å². The second-order valence-electron chi connectivity index (χ2n) is 6.37. The summed E-state index contributed by atoms with van der Waals surface area (Å²) in [5, 5.41) is 9.85. The molecule has 3 rings (SSSR count). The number of aromatic hydroxyl groups is 1. The Kier molecular flexibility index (Phi) is 6.02. The van der Waals surface area contributed by atoms with Crippen LogP contribution in [0.5, 0.6) is 5.75 Å². The van der Waals surface area contributed by atoms with Crippen molar-refractivity contribution in [1.29, 1.82) is 0 Å². The summed E-state index contributed by atoms with van der Waals surface area (Å²) in [4.78, 5) is 11.5. The van der Waals surface area contributed by atoms with Gasteiger partial charge < -0.3 is 9.84 Å². The van der Waals surface area contributed by atoms with Crippen molar-refractivity contribution < 1.29 is 31.8 Å². The standard InChI is InChI=1S/C21H17F2NO5S/c1-29-21(26)16-8-7-15(10-20(16)25)24-30(27,28)12-14-9-19(23)17(11-18(14)22)13-5-3-2-4-6-13/h2-11,24-25H,12H2,1H3. The number of carbonyl (C=O) groups is 1. The van der Waals surface area contributed by atoms with Gasteiger partial charge in [-0.2, -0.15) is 0 Å². The van der Waals surface area contributed by atoms with Crippen molar-refractivity contribution in [3.63, 3.8) is 0 Å². The van der Waals surface area contributed by atoms with Crippen LogP contribution in [0.4, 0.5) is 14.5 Å². The molecule has 0 spiro atoms. The summed E-state index contributed by atoms with van der Waals surface area (Å²) in [6.07, 6.45) is 0. The first-order valence-corrected chi connectivity index (χ1v) is 10.3. The Morgan fingerprint density at radius 2 is 1.73 bits per heavy atom. The van der Waals surface area contributed by atoms with Crippen molar-refractivity contribution in [2.75, 3.05) is 11.8 Å². The molecule has 0 fully saturated rings. The van der Waals surface area contributed by atoms with E-state index in [2.05, 4.69) is 9.46 Å². The maximum atomic E-state index is 14.5. The van der Waals surface area contributed by atoms with Crippen LogP contribution in [0.1, 0.15) is 15.9 Å². The predicted molar refractivity (Wildman–Crippen MR) is 107 cm³/mol. The zero-order valence-corrected chi connectivity index (χ0v) is 16.5. The Hall–Kier alpha value is -3.46. The molecular weight excluding hydrogens is 416 g/mol. The molecule has 0 bridgehead atoms. The molecule has 0 amide bonds. The van der Waals surface area contributed by atoms with Gasteiger partial charge in [-0.3, -0.25) is 4.72 Å². The van der Waals surface area contributed by atoms with Gasteiger partial charge in [0.15, 0.2) is 0 Å². The van der Waals surface area contributed by atoms with Crippen LogP contribution in [-0.2, 0) is 20.5 Å². The minimum absolute atomic E-state index is 0.0190. The van der Waals surface area contributed by atoms with Crippen LogP contribution < -0.4 is 4.72 Å². The monoisotopic (exact) mass is 433 g/mol. The Morgan fingerprint density at radius 3 is 2.37 bits per heavy atom. The number of hydrogen-bond acceptors (Lipinski definition) is 5. The molecule has 0 heterocycles. The zero-order chi connectivity index (χ0) is 21.9. The van der Waals surface area contributed by atoms with Gasteiger partial charge in [0, 0.05) is 17.2 Å². The maximum absolute atomic E-state index is 14.5. The molecule has 30 heavy (non-hydrogen) atoms. The van der Waals surface area contributed by atoms with E-state index in [9.17, 15) is 27.1 Å². The first-order valence-electron chi connectivity index (χ1n) is 8.65. The first kappa shape index (κ1) is 21.3. The second kappa shape index (κ2) is 8.50. The summed E-state index contributed by atoms with van der Waals surface area (Å²) in [7, 11) is -3.01. The topological polar surface area (TPSA) is 92.7 Å². The van der Waals surface area contributed by atoms with Crippen LogP contribution in [-0.4, -0.2) is 26.6 Å². The molecule has 0 aliphatic carbocycles. The summed E-state index contributed by atoms with van der Waals surface area (Å²) in [6, 6.07) is 13.5. The summed E-state index contributed by atoms with van der Waals surface area (Å²) >= 11 is 0. The van der Waals surface area contributed by atoms with Crippen molar-refractivity contribution in [3.05, 3.63) is 83.4 Å². The van der Waals surface area contributed by atoms with Gasteiger partial charge >= 0.3 is 5.97 Å². The highest BCUT2D eigenvalue weighted by atomic mass is 32.2. The summed E-state index contributed by atoms with van der Waals surface area (Å²) < 4.78 is 60.4. The number of ether oxygens (including phenoxy) is 1. The molecule has 0 aliphatic rings. The normalized spacial score (nSPS) is 11.2. The number of sulfonamides is 1. The average molecular weight is 433 g/mol. The van der Waals surface area contributed by atoms with Gasteiger partial charge in [0.1, 0.15) is 22.9 Å². The van der Waals surface area contributed by atoms with Gasteiger partial charge in [-0.15, -0.1) is 0 Å². The van der Waals surface area contributed by atoms with E-state index in [1.54, 1.807) is 30.3 Å². The lowest BCUT2D eigenvalue weighted by molar-refractivity contribution is 0.0597. The largest absolute Gasteiger partial charge is 0.507 e. The highest BCUT2D eigenvalue weighted by molar-refractivity contribution is 7.91. The molecule has 2 N–H and O–H groups in total. The molecule has 3 aromatic carbocycles. The fraction of sp³-hybridized carbons (Fsp3) is 0.0952. The molecular formula is C21H17F2NO5S. The molecule has 0 aliphatic heterocycles. The summed E-state index contributed by atoms with van der Waals surface area (Å²) in [6.45, 7) is 0. The molecule has 3 aromatic rings. The van der Waals surface area contributed by atoms with E-state index in [0.29, 0.717) is 5.56 Å². The number of anilines is 1. The molecule has 0 unspecified atom stereocenters. The SMILES string of the molecule is COC(=O)c1ccc(NS(=O)(=O)Cc2cc(F)c(-c3ccccc3)cc2F)cc1O. The lowest BCUT2D eigenvalue weighted by Crippen LogP contribution is -2.16. The molecule has 6 nitrogen and oxygen atoms in total. The number of carbonyl (C=O) groups excluding carboxylic acids is 1. The summed E-state index contributed by atoms with van der Waals surface area (Å²) in [5.74, 6) is -3.74. The van der Waals surface area contributed by atoms with Crippen molar-refractivity contribution in [2.45, 2.75) is 5.75 Å². The minimum atomic E-state index is -4.14. The van der Waals surface area contributed by atoms with E-state index in [-0.39, 0.29) is 22.4 Å². The first-order chi connectivity index (χ1) is 14.2. The Bertz CT molecular complexity index is 1200. The third kappa shape index (κ3) is 4.74. The maximum Gasteiger partial charge on any atom is 0.341 e. The number of benzene rings is 3. The third-order valence-corrected chi connectivity index (χ3v) is 5.48. The zero-order valence-electron chi connectivity index (χ0n) is 15.7. The second-order valence-corrected chi connectivity index (χ2v) is 8.10. The Balaban J connectivity index is 1.83. The fourth-order valence-corrected chi connectivity index (χ4v) is 4.02. The molecule has 0 radical (unpaired) electrons. The Labute approximate surface area is 171 Å². The number of nitrogens with one attached hydrogen (secondary N) is 1. The molecule has 0 saturated carbocycles. The lowest BCUT2D eigenvalue weighted by atomic mass is 10.0. The molecule has 156 valence electrons. The van der Waals surface area contributed by atoms with Crippen LogP contribution in [0.2, 0.25) is 0 Å².